The number of rotatable bonds is 4. The van der Waals surface area contributed by atoms with Crippen LogP contribution < -0.4 is 0 Å². The van der Waals surface area contributed by atoms with E-state index in [-0.39, 0.29) is 0 Å². The molecule has 0 saturated heterocycles. The summed E-state index contributed by atoms with van der Waals surface area (Å²) in [7, 11) is 0. The minimum absolute atomic E-state index is 0.582. The van der Waals surface area contributed by atoms with Gasteiger partial charge >= 0.3 is 0 Å². The Labute approximate surface area is 320 Å². The van der Waals surface area contributed by atoms with E-state index in [9.17, 15) is 0 Å². The Hall–Kier alpha value is -7.63. The maximum atomic E-state index is 6.63. The fraction of sp³-hybridized carbons (Fsp3) is 0. The van der Waals surface area contributed by atoms with Crippen LogP contribution in [0.3, 0.4) is 0 Å². The second-order valence-corrected chi connectivity index (χ2v) is 14.3. The molecule has 0 amide bonds. The first kappa shape index (κ1) is 30.8. The molecule has 0 aliphatic rings. The van der Waals surface area contributed by atoms with Gasteiger partial charge in [-0.05, 0) is 51.2 Å². The van der Waals surface area contributed by atoms with Gasteiger partial charge in [0.2, 0.25) is 5.89 Å². The summed E-state index contributed by atoms with van der Waals surface area (Å²) in [5, 5.41) is 11.3. The van der Waals surface area contributed by atoms with Crippen molar-refractivity contribution in [2.45, 2.75) is 0 Å². The SMILES string of the molecule is c1ccc2c(-c3ccc(-c4cc5c6ccccc6c6ccccc6c5o4)cc3)nc(-c3ccc(-c4nc5c6ccccc6c6ccccc6c5o4)cc3)nc2c1. The van der Waals surface area contributed by atoms with Crippen LogP contribution in [-0.2, 0) is 0 Å². The molecule has 0 spiro atoms. The van der Waals surface area contributed by atoms with E-state index in [4.69, 9.17) is 23.8 Å². The number of oxazole rings is 1. The topological polar surface area (TPSA) is 65.0 Å². The van der Waals surface area contributed by atoms with Crippen molar-refractivity contribution in [1.82, 2.24) is 15.0 Å². The van der Waals surface area contributed by atoms with Gasteiger partial charge in [-0.25, -0.2) is 15.0 Å². The molecule has 0 aliphatic heterocycles. The number of benzene rings is 9. The van der Waals surface area contributed by atoms with E-state index in [0.717, 1.165) is 88.2 Å². The Kier molecular flexibility index (Phi) is 6.56. The highest BCUT2D eigenvalue weighted by Crippen LogP contribution is 2.41. The van der Waals surface area contributed by atoms with Gasteiger partial charge in [0.15, 0.2) is 11.4 Å². The summed E-state index contributed by atoms with van der Waals surface area (Å²) in [6.45, 7) is 0. The Morgan fingerprint density at radius 2 is 0.804 bits per heavy atom. The van der Waals surface area contributed by atoms with Crippen molar-refractivity contribution in [2.75, 3.05) is 0 Å². The summed E-state index contributed by atoms with van der Waals surface area (Å²) < 4.78 is 13.1. The zero-order chi connectivity index (χ0) is 36.7. The standard InChI is InChI=1S/C51H29N3O2/c1-2-15-38-34(11-1)36-13-4-7-17-40(36)48-43(38)29-45(55-48)30-21-23-31(24-22-30)46-42-19-9-10-20-44(42)52-50(53-46)32-25-27-33(28-26-32)51-54-47-39-16-6-3-12-35(39)37-14-5-8-18-41(37)49(47)56-51/h1-29H. The fourth-order valence-electron chi connectivity index (χ4n) is 8.43. The lowest BCUT2D eigenvalue weighted by Gasteiger charge is -2.10. The predicted octanol–water partition coefficient (Wildman–Crippen LogP) is 13.8. The number of aromatic nitrogens is 3. The highest BCUT2D eigenvalue weighted by molar-refractivity contribution is 6.25. The highest BCUT2D eigenvalue weighted by atomic mass is 16.3. The van der Waals surface area contributed by atoms with E-state index in [1.807, 2.05) is 48.5 Å². The zero-order valence-electron chi connectivity index (χ0n) is 29.9. The number of para-hydroxylation sites is 1. The lowest BCUT2D eigenvalue weighted by Crippen LogP contribution is -1.95. The molecule has 0 fully saturated rings. The normalized spacial score (nSPS) is 11.9. The molecule has 260 valence electrons. The number of nitrogens with zero attached hydrogens (tertiary/aromatic N) is 3. The van der Waals surface area contributed by atoms with E-state index in [0.29, 0.717) is 11.7 Å². The van der Waals surface area contributed by atoms with Crippen LogP contribution >= 0.6 is 0 Å². The van der Waals surface area contributed by atoms with Crippen molar-refractivity contribution < 1.29 is 8.83 Å². The van der Waals surface area contributed by atoms with Gasteiger partial charge < -0.3 is 8.83 Å². The monoisotopic (exact) mass is 715 g/mol. The first-order chi connectivity index (χ1) is 27.7. The zero-order valence-corrected chi connectivity index (χ0v) is 29.9. The summed E-state index contributed by atoms with van der Waals surface area (Å²) in [5.41, 5.74) is 8.15. The van der Waals surface area contributed by atoms with E-state index >= 15 is 0 Å². The third-order valence-corrected chi connectivity index (χ3v) is 11.1. The number of fused-ring (bicyclic) bond motifs is 13. The fourth-order valence-corrected chi connectivity index (χ4v) is 8.43. The van der Waals surface area contributed by atoms with Crippen LogP contribution in [0.2, 0.25) is 0 Å². The van der Waals surface area contributed by atoms with Crippen molar-refractivity contribution in [3.63, 3.8) is 0 Å². The van der Waals surface area contributed by atoms with Gasteiger partial charge in [-0.15, -0.1) is 0 Å². The van der Waals surface area contributed by atoms with E-state index in [2.05, 4.69) is 127 Å². The Morgan fingerprint density at radius 1 is 0.321 bits per heavy atom. The van der Waals surface area contributed by atoms with Gasteiger partial charge in [-0.3, -0.25) is 0 Å². The second-order valence-electron chi connectivity index (χ2n) is 14.3. The smallest absolute Gasteiger partial charge is 0.227 e. The molecular weight excluding hydrogens is 687 g/mol. The predicted molar refractivity (Wildman–Crippen MR) is 229 cm³/mol. The van der Waals surface area contributed by atoms with Crippen LogP contribution in [0.5, 0.6) is 0 Å². The molecule has 0 saturated carbocycles. The summed E-state index contributed by atoms with van der Waals surface area (Å²) in [5.74, 6) is 2.07. The maximum absolute atomic E-state index is 6.63. The Bertz CT molecular complexity index is 3380. The molecule has 12 rings (SSSR count). The average molecular weight is 716 g/mol. The van der Waals surface area contributed by atoms with E-state index in [1.165, 1.54) is 21.5 Å². The van der Waals surface area contributed by atoms with Crippen LogP contribution in [0.15, 0.2) is 185 Å². The summed E-state index contributed by atoms with van der Waals surface area (Å²) in [6, 6.07) is 60.8. The highest BCUT2D eigenvalue weighted by Gasteiger charge is 2.18. The first-order valence-electron chi connectivity index (χ1n) is 18.8. The molecule has 12 aromatic rings. The number of hydrogen-bond donors (Lipinski definition) is 0. The second kappa shape index (κ2) is 11.9. The van der Waals surface area contributed by atoms with Crippen molar-refractivity contribution >= 4 is 76.1 Å². The van der Waals surface area contributed by atoms with Crippen molar-refractivity contribution in [2.24, 2.45) is 0 Å². The van der Waals surface area contributed by atoms with Crippen molar-refractivity contribution in [1.29, 1.82) is 0 Å². The molecule has 3 heterocycles. The average Bonchev–Trinajstić information content (AvgIpc) is 3.94. The summed E-state index contributed by atoms with van der Waals surface area (Å²) in [6.07, 6.45) is 0. The molecule has 5 heteroatoms. The van der Waals surface area contributed by atoms with Crippen LogP contribution in [0.1, 0.15) is 0 Å². The Morgan fingerprint density at radius 3 is 1.48 bits per heavy atom. The van der Waals surface area contributed by atoms with Crippen LogP contribution in [-0.4, -0.2) is 15.0 Å². The van der Waals surface area contributed by atoms with Gasteiger partial charge in [-0.2, -0.15) is 0 Å². The lowest BCUT2D eigenvalue weighted by molar-refractivity contribution is 0.623. The lowest BCUT2D eigenvalue weighted by atomic mass is 9.98. The molecule has 3 aromatic heterocycles. The molecule has 0 unspecified atom stereocenters. The molecule has 9 aromatic carbocycles. The number of furan rings is 1. The van der Waals surface area contributed by atoms with Gasteiger partial charge in [0.05, 0.1) is 11.2 Å². The largest absolute Gasteiger partial charge is 0.455 e. The van der Waals surface area contributed by atoms with Crippen LogP contribution in [0.25, 0.3) is 121 Å². The van der Waals surface area contributed by atoms with Crippen LogP contribution in [0.4, 0.5) is 0 Å². The molecule has 0 radical (unpaired) electrons. The van der Waals surface area contributed by atoms with Gasteiger partial charge in [0.1, 0.15) is 16.9 Å². The Balaban J connectivity index is 0.922. The van der Waals surface area contributed by atoms with Gasteiger partial charge in [-0.1, -0.05) is 152 Å². The maximum Gasteiger partial charge on any atom is 0.227 e. The first-order valence-corrected chi connectivity index (χ1v) is 18.8. The third kappa shape index (κ3) is 4.64. The minimum atomic E-state index is 0.582. The summed E-state index contributed by atoms with van der Waals surface area (Å²) >= 11 is 0. The molecular formula is C51H29N3O2. The molecule has 0 N–H and O–H groups in total. The van der Waals surface area contributed by atoms with Gasteiger partial charge in [0.25, 0.3) is 0 Å². The summed E-state index contributed by atoms with van der Waals surface area (Å²) in [4.78, 5) is 15.2. The molecule has 5 nitrogen and oxygen atoms in total. The third-order valence-electron chi connectivity index (χ3n) is 11.1. The van der Waals surface area contributed by atoms with Gasteiger partial charge in [0, 0.05) is 49.2 Å². The van der Waals surface area contributed by atoms with E-state index < -0.39 is 0 Å². The number of hydrogen-bond acceptors (Lipinski definition) is 5. The minimum Gasteiger partial charge on any atom is -0.455 e. The molecule has 0 bridgehead atoms. The van der Waals surface area contributed by atoms with Crippen LogP contribution in [0, 0.1) is 0 Å². The van der Waals surface area contributed by atoms with E-state index in [1.54, 1.807) is 0 Å². The van der Waals surface area contributed by atoms with Crippen molar-refractivity contribution in [3.05, 3.63) is 176 Å². The molecule has 0 atom stereocenters. The molecule has 56 heavy (non-hydrogen) atoms. The molecule has 0 aliphatic carbocycles. The quantitative estimate of drug-likeness (QED) is 0.170. The van der Waals surface area contributed by atoms with Crippen molar-refractivity contribution in [3.8, 4) is 45.4 Å².